The maximum Gasteiger partial charge on any atom is 0.234 e. The number of alkyl halides is 1. The Bertz CT molecular complexity index is 945. The van der Waals surface area contributed by atoms with Gasteiger partial charge in [0.2, 0.25) is 5.91 Å². The van der Waals surface area contributed by atoms with E-state index in [1.807, 2.05) is 54.6 Å². The molecule has 3 aromatic carbocycles. The van der Waals surface area contributed by atoms with Crippen molar-refractivity contribution in [3.8, 4) is 5.75 Å². The van der Waals surface area contributed by atoms with Crippen molar-refractivity contribution in [3.05, 3.63) is 95.8 Å². The third-order valence-electron chi connectivity index (χ3n) is 4.95. The maximum atomic E-state index is 13.2. The van der Waals surface area contributed by atoms with Crippen LogP contribution in [0.2, 0.25) is 0 Å². The van der Waals surface area contributed by atoms with Crippen molar-refractivity contribution in [2.24, 2.45) is 5.92 Å². The Morgan fingerprint density at radius 3 is 2.25 bits per heavy atom. The van der Waals surface area contributed by atoms with E-state index in [2.05, 4.69) is 0 Å². The summed E-state index contributed by atoms with van der Waals surface area (Å²) in [6.45, 7) is 0.494. The highest BCUT2D eigenvalue weighted by Crippen LogP contribution is 2.44. The molecule has 1 fully saturated rings. The number of anilines is 1. The van der Waals surface area contributed by atoms with Crippen LogP contribution in [0.25, 0.3) is 0 Å². The van der Waals surface area contributed by atoms with E-state index >= 15 is 0 Å². The zero-order valence-electron chi connectivity index (χ0n) is 15.1. The van der Waals surface area contributed by atoms with Crippen LogP contribution in [0.4, 0.5) is 10.1 Å². The normalized spacial score (nSPS) is 18.6. The van der Waals surface area contributed by atoms with Gasteiger partial charge < -0.3 is 9.64 Å². The molecule has 5 heteroatoms. The number of carbonyl (C=O) groups excluding carboxylic acids is 1. The number of carbonyl (C=O) groups is 1. The van der Waals surface area contributed by atoms with Crippen molar-refractivity contribution in [3.63, 3.8) is 0 Å². The molecule has 2 unspecified atom stereocenters. The van der Waals surface area contributed by atoms with Crippen LogP contribution in [-0.2, 0) is 11.4 Å². The molecule has 1 heterocycles. The lowest BCUT2D eigenvalue weighted by Gasteiger charge is -2.46. The first-order valence-corrected chi connectivity index (χ1v) is 9.62. The lowest BCUT2D eigenvalue weighted by Crippen LogP contribution is -2.56. The summed E-state index contributed by atoms with van der Waals surface area (Å²) in [5.74, 6) is 0.336. The molecule has 2 atom stereocenters. The van der Waals surface area contributed by atoms with E-state index in [0.29, 0.717) is 12.3 Å². The molecule has 1 saturated heterocycles. The van der Waals surface area contributed by atoms with E-state index in [4.69, 9.17) is 16.3 Å². The minimum absolute atomic E-state index is 0.0454. The van der Waals surface area contributed by atoms with Gasteiger partial charge in [0.05, 0.1) is 12.0 Å². The monoisotopic (exact) mass is 395 g/mol. The zero-order valence-corrected chi connectivity index (χ0v) is 15.9. The number of benzene rings is 3. The summed E-state index contributed by atoms with van der Waals surface area (Å²) >= 11 is 6.04. The average Bonchev–Trinajstić information content (AvgIpc) is 2.73. The van der Waals surface area contributed by atoms with Crippen LogP contribution < -0.4 is 9.64 Å². The molecule has 1 aliphatic rings. The largest absolute Gasteiger partial charge is 0.489 e. The van der Waals surface area contributed by atoms with Gasteiger partial charge in [-0.3, -0.25) is 4.79 Å². The second-order valence-electron chi connectivity index (χ2n) is 6.73. The van der Waals surface area contributed by atoms with Gasteiger partial charge >= 0.3 is 0 Å². The first-order valence-electron chi connectivity index (χ1n) is 9.08. The lowest BCUT2D eigenvalue weighted by molar-refractivity contribution is -0.129. The quantitative estimate of drug-likeness (QED) is 0.416. The second-order valence-corrected chi connectivity index (χ2v) is 7.04. The summed E-state index contributed by atoms with van der Waals surface area (Å²) in [5, 5.41) is 0. The van der Waals surface area contributed by atoms with Crippen LogP contribution in [-0.4, -0.2) is 11.8 Å². The number of hydrogen-bond acceptors (Lipinski definition) is 2. The summed E-state index contributed by atoms with van der Waals surface area (Å²) in [6.07, 6.45) is 0. The fourth-order valence-electron chi connectivity index (χ4n) is 3.47. The van der Waals surface area contributed by atoms with Crippen LogP contribution in [0.1, 0.15) is 17.2 Å². The minimum atomic E-state index is -0.331. The van der Waals surface area contributed by atoms with Crippen molar-refractivity contribution in [1.29, 1.82) is 0 Å². The summed E-state index contributed by atoms with van der Waals surface area (Å²) < 4.78 is 19.1. The Morgan fingerprint density at radius 1 is 0.929 bits per heavy atom. The average molecular weight is 396 g/mol. The van der Waals surface area contributed by atoms with Gasteiger partial charge in [0.25, 0.3) is 0 Å². The predicted molar refractivity (Wildman–Crippen MR) is 108 cm³/mol. The smallest absolute Gasteiger partial charge is 0.234 e. The second kappa shape index (κ2) is 8.03. The third kappa shape index (κ3) is 3.60. The number of rotatable bonds is 6. The molecule has 0 saturated carbocycles. The van der Waals surface area contributed by atoms with Gasteiger partial charge in [-0.05, 0) is 47.5 Å². The summed E-state index contributed by atoms with van der Waals surface area (Å²) in [6, 6.07) is 23.4. The van der Waals surface area contributed by atoms with Crippen molar-refractivity contribution in [1.82, 2.24) is 0 Å². The lowest BCUT2D eigenvalue weighted by atomic mass is 9.83. The van der Waals surface area contributed by atoms with Crippen molar-refractivity contribution in [2.75, 3.05) is 10.8 Å². The van der Waals surface area contributed by atoms with E-state index in [0.717, 1.165) is 16.9 Å². The highest BCUT2D eigenvalue weighted by atomic mass is 35.5. The highest BCUT2D eigenvalue weighted by Gasteiger charge is 2.48. The molecule has 28 heavy (non-hydrogen) atoms. The number of amides is 1. The number of ether oxygens (including phenoxy) is 1. The van der Waals surface area contributed by atoms with E-state index in [1.54, 1.807) is 17.0 Å². The Morgan fingerprint density at radius 2 is 1.61 bits per heavy atom. The van der Waals surface area contributed by atoms with Crippen LogP contribution >= 0.6 is 11.6 Å². The fraction of sp³-hybridized carbons (Fsp3) is 0.174. The Balaban J connectivity index is 1.51. The molecule has 142 valence electrons. The molecular formula is C23H19ClFNO2. The van der Waals surface area contributed by atoms with E-state index in [1.165, 1.54) is 12.1 Å². The molecule has 0 aromatic heterocycles. The molecular weight excluding hydrogens is 377 g/mol. The molecule has 0 aliphatic carbocycles. The molecule has 3 aromatic rings. The van der Waals surface area contributed by atoms with Crippen molar-refractivity contribution >= 4 is 23.2 Å². The van der Waals surface area contributed by atoms with Gasteiger partial charge in [-0.2, -0.15) is 0 Å². The number of hydrogen-bond donors (Lipinski definition) is 0. The topological polar surface area (TPSA) is 29.5 Å². The standard InChI is InChI=1S/C23H19ClFNO2/c24-14-21-22(26(23(21)27)19-10-8-18(25)9-11-19)17-6-12-20(13-7-17)28-15-16-4-2-1-3-5-16/h1-13,21-22H,14-15H2. The van der Waals surface area contributed by atoms with Gasteiger partial charge in [0.1, 0.15) is 18.2 Å². The van der Waals surface area contributed by atoms with Crippen LogP contribution in [0.15, 0.2) is 78.9 Å². The van der Waals surface area contributed by atoms with Gasteiger partial charge in [0, 0.05) is 11.6 Å². The summed E-state index contributed by atoms with van der Waals surface area (Å²) in [7, 11) is 0. The van der Waals surface area contributed by atoms with Gasteiger partial charge in [0.15, 0.2) is 0 Å². The Labute approximate surface area is 168 Å². The van der Waals surface area contributed by atoms with E-state index < -0.39 is 0 Å². The molecule has 1 aliphatic heterocycles. The molecule has 4 rings (SSSR count). The van der Waals surface area contributed by atoms with Crippen LogP contribution in [0.3, 0.4) is 0 Å². The molecule has 3 nitrogen and oxygen atoms in total. The van der Waals surface area contributed by atoms with Crippen LogP contribution in [0, 0.1) is 11.7 Å². The SMILES string of the molecule is O=C1C(CCl)C(c2ccc(OCc3ccccc3)cc2)N1c1ccc(F)cc1. The molecule has 0 radical (unpaired) electrons. The summed E-state index contributed by atoms with van der Waals surface area (Å²) in [4.78, 5) is 14.2. The number of halogens is 2. The van der Waals surface area contributed by atoms with Crippen LogP contribution in [0.5, 0.6) is 5.75 Å². The first kappa shape index (κ1) is 18.5. The molecule has 1 amide bonds. The fourth-order valence-corrected chi connectivity index (χ4v) is 3.77. The molecule has 0 spiro atoms. The van der Waals surface area contributed by atoms with E-state index in [9.17, 15) is 9.18 Å². The Hall–Kier alpha value is -2.85. The maximum absolute atomic E-state index is 13.2. The summed E-state index contributed by atoms with van der Waals surface area (Å²) in [5.41, 5.74) is 2.74. The van der Waals surface area contributed by atoms with E-state index in [-0.39, 0.29) is 29.6 Å². The Kier molecular flexibility index (Phi) is 5.31. The number of β-lactam (4-membered cyclic amide) rings is 1. The zero-order chi connectivity index (χ0) is 19.5. The molecule has 0 N–H and O–H groups in total. The van der Waals surface area contributed by atoms with Gasteiger partial charge in [-0.1, -0.05) is 42.5 Å². The van der Waals surface area contributed by atoms with Gasteiger partial charge in [-0.15, -0.1) is 11.6 Å². The van der Waals surface area contributed by atoms with Crippen molar-refractivity contribution in [2.45, 2.75) is 12.6 Å². The van der Waals surface area contributed by atoms with Crippen molar-refractivity contribution < 1.29 is 13.9 Å². The van der Waals surface area contributed by atoms with Gasteiger partial charge in [-0.25, -0.2) is 4.39 Å². The number of nitrogens with zero attached hydrogens (tertiary/aromatic N) is 1. The molecule has 0 bridgehead atoms. The third-order valence-corrected chi connectivity index (χ3v) is 5.29. The highest BCUT2D eigenvalue weighted by molar-refractivity contribution is 6.21. The first-order chi connectivity index (χ1) is 13.7. The predicted octanol–water partition coefficient (Wildman–Crippen LogP) is 5.35. The minimum Gasteiger partial charge on any atom is -0.489 e.